The summed E-state index contributed by atoms with van der Waals surface area (Å²) < 4.78 is 0. The minimum atomic E-state index is 1.26. The zero-order valence-electron chi connectivity index (χ0n) is 21.9. The first kappa shape index (κ1) is 27.2. The van der Waals surface area contributed by atoms with E-state index in [1.54, 1.807) is 16.7 Å². The van der Waals surface area contributed by atoms with Crippen LogP contribution in [0.2, 0.25) is 0 Å². The van der Waals surface area contributed by atoms with Gasteiger partial charge < -0.3 is 0 Å². The Hall–Kier alpha value is -1.04. The molecule has 0 heterocycles. The number of hydrogen-bond donors (Lipinski definition) is 0. The maximum Gasteiger partial charge on any atom is -0.0225 e. The number of benzene rings is 1. The predicted molar refractivity (Wildman–Crippen MR) is 146 cm³/mol. The largest absolute Gasteiger partial charge is 0.0807 e. The molecule has 1 aromatic carbocycles. The Morgan fingerprint density at radius 2 is 1.16 bits per heavy atom. The van der Waals surface area contributed by atoms with E-state index in [2.05, 4.69) is 38.1 Å². The molecule has 0 spiro atoms. The third-order valence-electron chi connectivity index (χ3n) is 7.47. The molecule has 1 aliphatic carbocycles. The fourth-order valence-corrected chi connectivity index (χ4v) is 5.28. The van der Waals surface area contributed by atoms with E-state index in [-0.39, 0.29) is 0 Å². The molecule has 0 unspecified atom stereocenters. The van der Waals surface area contributed by atoms with Crippen LogP contribution in [-0.4, -0.2) is 0 Å². The van der Waals surface area contributed by atoms with Crippen LogP contribution in [0.25, 0.3) is 5.57 Å². The van der Waals surface area contributed by atoms with Gasteiger partial charge in [-0.3, -0.25) is 0 Å². The Morgan fingerprint density at radius 1 is 0.625 bits per heavy atom. The highest BCUT2D eigenvalue weighted by atomic mass is 14.2. The summed E-state index contributed by atoms with van der Waals surface area (Å²) in [5, 5.41) is 0. The molecule has 0 nitrogen and oxygen atoms in total. The van der Waals surface area contributed by atoms with Gasteiger partial charge in [-0.15, -0.1) is 0 Å². The second-order valence-corrected chi connectivity index (χ2v) is 10.4. The highest BCUT2D eigenvalue weighted by Gasteiger charge is 2.11. The smallest absolute Gasteiger partial charge is 0.0225 e. The summed E-state index contributed by atoms with van der Waals surface area (Å²) >= 11 is 0. The fraction of sp³-hybridized carbons (Fsp3) is 0.750. The maximum absolute atomic E-state index is 2.58. The van der Waals surface area contributed by atoms with Gasteiger partial charge in [0.15, 0.2) is 0 Å². The van der Waals surface area contributed by atoms with E-state index in [0.717, 1.165) is 0 Å². The van der Waals surface area contributed by atoms with Gasteiger partial charge >= 0.3 is 0 Å². The van der Waals surface area contributed by atoms with Crippen molar-refractivity contribution in [1.29, 1.82) is 0 Å². The average Bonchev–Trinajstić information content (AvgIpc) is 2.83. The van der Waals surface area contributed by atoms with E-state index in [0.29, 0.717) is 0 Å². The van der Waals surface area contributed by atoms with Crippen LogP contribution in [0.15, 0.2) is 24.3 Å². The van der Waals surface area contributed by atoms with E-state index in [1.165, 1.54) is 147 Å². The number of hydrogen-bond acceptors (Lipinski definition) is 0. The number of aryl methyl sites for hydroxylation is 2. The molecular weight excluding hydrogens is 384 g/mol. The summed E-state index contributed by atoms with van der Waals surface area (Å²) in [5.41, 5.74) is 6.38. The molecule has 0 amide bonds. The molecule has 182 valence electrons. The average molecular weight is 439 g/mol. The summed E-state index contributed by atoms with van der Waals surface area (Å²) in [6.45, 7) is 4.62. The lowest BCUT2D eigenvalue weighted by Crippen LogP contribution is -2.03. The SMILES string of the molecule is CCCCCCCCCCCCCCCCC=C(CCCC)c1ccc2c(c1)CCCC2. The number of rotatable bonds is 19. The minimum Gasteiger partial charge on any atom is -0.0807 e. The predicted octanol–water partition coefficient (Wildman–Crippen LogP) is 11.0. The van der Waals surface area contributed by atoms with Crippen LogP contribution in [0.3, 0.4) is 0 Å². The molecule has 0 aromatic heterocycles. The molecule has 0 bridgehead atoms. The topological polar surface area (TPSA) is 0 Å². The molecule has 1 aliphatic rings. The molecular formula is C32H54. The van der Waals surface area contributed by atoms with Gasteiger partial charge in [0.05, 0.1) is 0 Å². The Bertz CT molecular complexity index is 608. The normalized spacial score (nSPS) is 14.0. The molecule has 0 atom stereocenters. The van der Waals surface area contributed by atoms with Crippen LogP contribution >= 0.6 is 0 Å². The van der Waals surface area contributed by atoms with Crippen LogP contribution < -0.4 is 0 Å². The molecule has 1 aromatic rings. The van der Waals surface area contributed by atoms with Gasteiger partial charge in [0.2, 0.25) is 0 Å². The standard InChI is InChI=1S/C32H54/c1-3-5-7-8-9-10-11-12-13-14-15-16-17-18-19-23-29(22-6-4-2)32-27-26-30-24-20-21-25-31(30)28-32/h23,26-28H,3-22,24-25H2,1-2H3. The third kappa shape index (κ3) is 11.7. The first-order valence-electron chi connectivity index (χ1n) is 14.7. The van der Waals surface area contributed by atoms with Gasteiger partial charge in [0.25, 0.3) is 0 Å². The monoisotopic (exact) mass is 438 g/mol. The lowest BCUT2D eigenvalue weighted by atomic mass is 9.88. The third-order valence-corrected chi connectivity index (χ3v) is 7.47. The quantitative estimate of drug-likeness (QED) is 0.188. The van der Waals surface area contributed by atoms with Crippen LogP contribution in [0.5, 0.6) is 0 Å². The first-order chi connectivity index (χ1) is 15.8. The lowest BCUT2D eigenvalue weighted by molar-refractivity contribution is 0.536. The van der Waals surface area contributed by atoms with Crippen molar-refractivity contribution >= 4 is 5.57 Å². The van der Waals surface area contributed by atoms with E-state index in [9.17, 15) is 0 Å². The fourth-order valence-electron chi connectivity index (χ4n) is 5.28. The van der Waals surface area contributed by atoms with Crippen molar-refractivity contribution in [1.82, 2.24) is 0 Å². The van der Waals surface area contributed by atoms with Crippen molar-refractivity contribution in [2.45, 2.75) is 155 Å². The molecule has 2 rings (SSSR count). The van der Waals surface area contributed by atoms with Crippen molar-refractivity contribution < 1.29 is 0 Å². The summed E-state index contributed by atoms with van der Waals surface area (Å²) in [5.74, 6) is 0. The van der Waals surface area contributed by atoms with Crippen LogP contribution in [-0.2, 0) is 12.8 Å². The maximum atomic E-state index is 2.58. The molecule has 0 saturated heterocycles. The van der Waals surface area contributed by atoms with E-state index >= 15 is 0 Å². The summed E-state index contributed by atoms with van der Waals surface area (Å²) in [4.78, 5) is 0. The van der Waals surface area contributed by atoms with Crippen molar-refractivity contribution in [2.24, 2.45) is 0 Å². The Morgan fingerprint density at radius 3 is 1.75 bits per heavy atom. The zero-order chi connectivity index (χ0) is 22.7. The van der Waals surface area contributed by atoms with Crippen LogP contribution in [0, 0.1) is 0 Å². The molecule has 0 radical (unpaired) electrons. The Balaban J connectivity index is 1.56. The van der Waals surface area contributed by atoms with Gasteiger partial charge in [0, 0.05) is 0 Å². The van der Waals surface area contributed by atoms with Gasteiger partial charge in [-0.2, -0.15) is 0 Å². The van der Waals surface area contributed by atoms with Crippen molar-refractivity contribution in [3.8, 4) is 0 Å². The van der Waals surface area contributed by atoms with E-state index in [4.69, 9.17) is 0 Å². The Labute approximate surface area is 201 Å². The molecule has 0 fully saturated rings. The number of allylic oxidation sites excluding steroid dienone is 2. The van der Waals surface area contributed by atoms with Crippen molar-refractivity contribution in [3.05, 3.63) is 41.0 Å². The van der Waals surface area contributed by atoms with Crippen LogP contribution in [0.4, 0.5) is 0 Å². The summed E-state index contributed by atoms with van der Waals surface area (Å²) in [7, 11) is 0. The molecule has 0 heteroatoms. The zero-order valence-corrected chi connectivity index (χ0v) is 21.9. The highest BCUT2D eigenvalue weighted by Crippen LogP contribution is 2.28. The van der Waals surface area contributed by atoms with E-state index < -0.39 is 0 Å². The number of fused-ring (bicyclic) bond motifs is 1. The van der Waals surface area contributed by atoms with Crippen molar-refractivity contribution in [2.75, 3.05) is 0 Å². The first-order valence-corrected chi connectivity index (χ1v) is 14.7. The lowest BCUT2D eigenvalue weighted by Gasteiger charge is -2.18. The van der Waals surface area contributed by atoms with Gasteiger partial charge in [0.1, 0.15) is 0 Å². The van der Waals surface area contributed by atoms with Crippen molar-refractivity contribution in [3.63, 3.8) is 0 Å². The molecule has 32 heavy (non-hydrogen) atoms. The molecule has 0 saturated carbocycles. The molecule has 0 N–H and O–H groups in total. The second kappa shape index (κ2) is 18.4. The van der Waals surface area contributed by atoms with E-state index in [1.807, 2.05) is 0 Å². The molecule has 0 aliphatic heterocycles. The second-order valence-electron chi connectivity index (χ2n) is 10.4. The minimum absolute atomic E-state index is 1.26. The van der Waals surface area contributed by atoms with Crippen LogP contribution in [0.1, 0.15) is 159 Å². The van der Waals surface area contributed by atoms with Gasteiger partial charge in [-0.1, -0.05) is 128 Å². The highest BCUT2D eigenvalue weighted by molar-refractivity contribution is 5.66. The summed E-state index contributed by atoms with van der Waals surface area (Å²) in [6.07, 6.45) is 33.3. The summed E-state index contributed by atoms with van der Waals surface area (Å²) in [6, 6.07) is 7.37. The Kier molecular flexibility index (Phi) is 15.6. The van der Waals surface area contributed by atoms with Gasteiger partial charge in [-0.05, 0) is 73.6 Å². The van der Waals surface area contributed by atoms with Gasteiger partial charge in [-0.25, -0.2) is 0 Å². The number of unbranched alkanes of at least 4 members (excludes halogenated alkanes) is 15.